The smallest absolute Gasteiger partial charge is 0.274 e. The summed E-state index contributed by atoms with van der Waals surface area (Å²) in [6, 6.07) is 8.72. The highest BCUT2D eigenvalue weighted by Crippen LogP contribution is 2.29. The van der Waals surface area contributed by atoms with Gasteiger partial charge in [-0.1, -0.05) is 0 Å². The zero-order valence-corrected chi connectivity index (χ0v) is 15.0. The van der Waals surface area contributed by atoms with E-state index in [-0.39, 0.29) is 12.0 Å². The number of anilines is 2. The van der Waals surface area contributed by atoms with E-state index in [4.69, 9.17) is 14.2 Å². The Balaban J connectivity index is 1.62. The number of hydrogen-bond acceptors (Lipinski definition) is 6. The number of amides is 1. The number of benzene rings is 1. The third kappa shape index (κ3) is 4.43. The van der Waals surface area contributed by atoms with E-state index >= 15 is 0 Å². The lowest BCUT2D eigenvalue weighted by atomic mass is 10.2. The molecule has 1 unspecified atom stereocenters. The molecule has 7 heteroatoms. The third-order valence-corrected chi connectivity index (χ3v) is 4.21. The number of rotatable bonds is 7. The lowest BCUT2D eigenvalue weighted by Crippen LogP contribution is -2.19. The summed E-state index contributed by atoms with van der Waals surface area (Å²) in [5.74, 6) is 0.860. The highest BCUT2D eigenvalue weighted by molar-refractivity contribution is 6.03. The normalized spacial score (nSPS) is 16.2. The fourth-order valence-corrected chi connectivity index (χ4v) is 2.77. The first-order chi connectivity index (χ1) is 12.7. The van der Waals surface area contributed by atoms with Crippen LogP contribution >= 0.6 is 0 Å². The lowest BCUT2D eigenvalue weighted by molar-refractivity contribution is 0.102. The summed E-state index contributed by atoms with van der Waals surface area (Å²) >= 11 is 0. The Morgan fingerprint density at radius 3 is 2.81 bits per heavy atom. The summed E-state index contributed by atoms with van der Waals surface area (Å²) in [5, 5.41) is 6.08. The minimum absolute atomic E-state index is 0.249. The Morgan fingerprint density at radius 2 is 2.15 bits per heavy atom. The van der Waals surface area contributed by atoms with Crippen LogP contribution in [0.15, 0.2) is 36.5 Å². The standard InChI is InChI=1S/C19H23N3O4/c1-24-14-6-8-18(25-2)17(10-14)22-19(23)16-7-5-13(11-21-16)20-12-15-4-3-9-26-15/h5-8,10-11,15,20H,3-4,9,12H2,1-2H3,(H,22,23). The Bertz CT molecular complexity index is 743. The molecule has 1 aliphatic heterocycles. The Labute approximate surface area is 152 Å². The second-order valence-electron chi connectivity index (χ2n) is 5.97. The molecule has 1 aromatic heterocycles. The molecule has 1 amide bonds. The number of nitrogens with one attached hydrogen (secondary N) is 2. The van der Waals surface area contributed by atoms with E-state index in [0.717, 1.165) is 31.7 Å². The van der Waals surface area contributed by atoms with Gasteiger partial charge in [0.25, 0.3) is 5.91 Å². The number of carbonyl (C=O) groups is 1. The van der Waals surface area contributed by atoms with Crippen LogP contribution in [0.2, 0.25) is 0 Å². The first-order valence-electron chi connectivity index (χ1n) is 8.54. The number of pyridine rings is 1. The highest BCUT2D eigenvalue weighted by atomic mass is 16.5. The minimum atomic E-state index is -0.317. The molecule has 1 atom stereocenters. The molecule has 1 saturated heterocycles. The predicted molar refractivity (Wildman–Crippen MR) is 99.2 cm³/mol. The predicted octanol–water partition coefficient (Wildman–Crippen LogP) is 2.94. The Kier molecular flexibility index (Phi) is 5.91. The largest absolute Gasteiger partial charge is 0.497 e. The average molecular weight is 357 g/mol. The molecule has 0 radical (unpaired) electrons. The number of methoxy groups -OCH3 is 2. The maximum absolute atomic E-state index is 12.4. The minimum Gasteiger partial charge on any atom is -0.497 e. The maximum Gasteiger partial charge on any atom is 0.274 e. The zero-order valence-electron chi connectivity index (χ0n) is 15.0. The van der Waals surface area contributed by atoms with Gasteiger partial charge in [0.05, 0.1) is 37.9 Å². The van der Waals surface area contributed by atoms with Crippen LogP contribution in [0.25, 0.3) is 0 Å². The van der Waals surface area contributed by atoms with Crippen molar-refractivity contribution in [2.24, 2.45) is 0 Å². The third-order valence-electron chi connectivity index (χ3n) is 4.21. The molecular formula is C19H23N3O4. The van der Waals surface area contributed by atoms with Crippen molar-refractivity contribution in [3.8, 4) is 11.5 Å². The average Bonchev–Trinajstić information content (AvgIpc) is 3.20. The van der Waals surface area contributed by atoms with Gasteiger partial charge in [-0.3, -0.25) is 4.79 Å². The fraction of sp³-hybridized carbons (Fsp3) is 0.368. The molecule has 1 aromatic carbocycles. The van der Waals surface area contributed by atoms with E-state index in [2.05, 4.69) is 15.6 Å². The van der Waals surface area contributed by atoms with E-state index < -0.39 is 0 Å². The van der Waals surface area contributed by atoms with Crippen molar-refractivity contribution in [3.05, 3.63) is 42.2 Å². The molecule has 138 valence electrons. The van der Waals surface area contributed by atoms with Gasteiger partial charge >= 0.3 is 0 Å². The van der Waals surface area contributed by atoms with E-state index in [1.54, 1.807) is 44.7 Å². The van der Waals surface area contributed by atoms with Gasteiger partial charge in [0.2, 0.25) is 0 Å². The van der Waals surface area contributed by atoms with Gasteiger partial charge in [-0.25, -0.2) is 4.98 Å². The number of aromatic nitrogens is 1. The first kappa shape index (κ1) is 18.0. The van der Waals surface area contributed by atoms with E-state index in [0.29, 0.717) is 22.9 Å². The van der Waals surface area contributed by atoms with Gasteiger partial charge in [-0.15, -0.1) is 0 Å². The van der Waals surface area contributed by atoms with Gasteiger partial charge in [0.15, 0.2) is 0 Å². The molecule has 0 spiro atoms. The summed E-state index contributed by atoms with van der Waals surface area (Å²) in [6.07, 6.45) is 4.08. The summed E-state index contributed by atoms with van der Waals surface area (Å²) in [5.41, 5.74) is 1.70. The quantitative estimate of drug-likeness (QED) is 0.793. The van der Waals surface area contributed by atoms with Crippen molar-refractivity contribution in [1.82, 2.24) is 4.98 Å². The summed E-state index contributed by atoms with van der Waals surface area (Å²) in [6.45, 7) is 1.58. The number of nitrogens with zero attached hydrogens (tertiary/aromatic N) is 1. The van der Waals surface area contributed by atoms with Crippen LogP contribution in [0.4, 0.5) is 11.4 Å². The monoisotopic (exact) mass is 357 g/mol. The summed E-state index contributed by atoms with van der Waals surface area (Å²) < 4.78 is 16.0. The Morgan fingerprint density at radius 1 is 1.27 bits per heavy atom. The highest BCUT2D eigenvalue weighted by Gasteiger charge is 2.15. The van der Waals surface area contributed by atoms with E-state index in [1.165, 1.54) is 0 Å². The van der Waals surface area contributed by atoms with Crippen LogP contribution in [0.3, 0.4) is 0 Å². The maximum atomic E-state index is 12.4. The molecule has 2 heterocycles. The topological polar surface area (TPSA) is 81.7 Å². The fourth-order valence-electron chi connectivity index (χ4n) is 2.77. The van der Waals surface area contributed by atoms with Crippen molar-refractivity contribution in [3.63, 3.8) is 0 Å². The van der Waals surface area contributed by atoms with Gasteiger partial charge in [-0.2, -0.15) is 0 Å². The molecule has 0 saturated carbocycles. The van der Waals surface area contributed by atoms with Crippen LogP contribution in [0.5, 0.6) is 11.5 Å². The van der Waals surface area contributed by atoms with Crippen molar-refractivity contribution >= 4 is 17.3 Å². The molecule has 2 aromatic rings. The van der Waals surface area contributed by atoms with Crippen LogP contribution in [-0.2, 0) is 4.74 Å². The van der Waals surface area contributed by atoms with Gasteiger partial charge < -0.3 is 24.8 Å². The molecule has 1 fully saturated rings. The molecule has 2 N–H and O–H groups in total. The summed E-state index contributed by atoms with van der Waals surface area (Å²) in [4.78, 5) is 16.7. The SMILES string of the molecule is COc1ccc(OC)c(NC(=O)c2ccc(NCC3CCCO3)cn2)c1. The molecule has 3 rings (SSSR count). The molecule has 0 bridgehead atoms. The lowest BCUT2D eigenvalue weighted by Gasteiger charge is -2.13. The van der Waals surface area contributed by atoms with Crippen LogP contribution in [-0.4, -0.2) is 44.4 Å². The molecule has 7 nitrogen and oxygen atoms in total. The number of carbonyl (C=O) groups excluding carboxylic acids is 1. The molecular weight excluding hydrogens is 334 g/mol. The molecule has 0 aliphatic carbocycles. The molecule has 1 aliphatic rings. The second-order valence-corrected chi connectivity index (χ2v) is 5.97. The summed E-state index contributed by atoms with van der Waals surface area (Å²) in [7, 11) is 3.11. The van der Waals surface area contributed by atoms with Crippen LogP contribution in [0.1, 0.15) is 23.3 Å². The van der Waals surface area contributed by atoms with Gasteiger partial charge in [0, 0.05) is 19.2 Å². The van der Waals surface area contributed by atoms with Crippen LogP contribution in [0, 0.1) is 0 Å². The van der Waals surface area contributed by atoms with Crippen LogP contribution < -0.4 is 20.1 Å². The second kappa shape index (κ2) is 8.53. The van der Waals surface area contributed by atoms with Gasteiger partial charge in [0.1, 0.15) is 17.2 Å². The van der Waals surface area contributed by atoms with E-state index in [1.807, 2.05) is 6.07 Å². The number of ether oxygens (including phenoxy) is 3. The van der Waals surface area contributed by atoms with E-state index in [9.17, 15) is 4.79 Å². The van der Waals surface area contributed by atoms with Crippen molar-refractivity contribution in [2.45, 2.75) is 18.9 Å². The molecule has 26 heavy (non-hydrogen) atoms. The zero-order chi connectivity index (χ0) is 18.4. The van der Waals surface area contributed by atoms with Crippen molar-refractivity contribution < 1.29 is 19.0 Å². The Hall–Kier alpha value is -2.80. The van der Waals surface area contributed by atoms with Crippen molar-refractivity contribution in [1.29, 1.82) is 0 Å². The first-order valence-corrected chi connectivity index (χ1v) is 8.54. The number of hydrogen-bond donors (Lipinski definition) is 2. The van der Waals surface area contributed by atoms with Crippen molar-refractivity contribution in [2.75, 3.05) is 38.0 Å². The van der Waals surface area contributed by atoms with Gasteiger partial charge in [-0.05, 0) is 37.1 Å².